The quantitative estimate of drug-likeness (QED) is 0.873. The van der Waals surface area contributed by atoms with Gasteiger partial charge in [-0.2, -0.15) is 0 Å². The highest BCUT2D eigenvalue weighted by Crippen LogP contribution is 2.19. The Bertz CT molecular complexity index is 566. The van der Waals surface area contributed by atoms with Crippen LogP contribution in [0.1, 0.15) is 19.3 Å². The summed E-state index contributed by atoms with van der Waals surface area (Å²) in [5.74, 6) is -0.332. The number of likely N-dealkylation sites (tertiary alicyclic amines) is 1. The lowest BCUT2D eigenvalue weighted by Gasteiger charge is -2.31. The highest BCUT2D eigenvalue weighted by atomic mass is 16.4. The highest BCUT2D eigenvalue weighted by molar-refractivity contribution is 5.77. The monoisotopic (exact) mass is 318 g/mol. The molecule has 23 heavy (non-hydrogen) atoms. The van der Waals surface area contributed by atoms with Crippen LogP contribution in [0, 0.1) is 5.92 Å². The second-order valence-electron chi connectivity index (χ2n) is 6.19. The summed E-state index contributed by atoms with van der Waals surface area (Å²) < 4.78 is 0. The van der Waals surface area contributed by atoms with Gasteiger partial charge in [-0.25, -0.2) is 9.78 Å². The molecule has 2 unspecified atom stereocenters. The van der Waals surface area contributed by atoms with Gasteiger partial charge >= 0.3 is 12.0 Å². The van der Waals surface area contributed by atoms with Crippen LogP contribution in [0.15, 0.2) is 24.4 Å². The Morgan fingerprint density at radius 2 is 2.09 bits per heavy atom. The molecule has 2 saturated heterocycles. The number of aromatic nitrogens is 1. The number of amides is 2. The molecule has 7 heteroatoms. The van der Waals surface area contributed by atoms with Gasteiger partial charge in [0.1, 0.15) is 5.82 Å². The van der Waals surface area contributed by atoms with Crippen molar-refractivity contribution in [3.8, 4) is 0 Å². The van der Waals surface area contributed by atoms with E-state index in [1.165, 1.54) is 0 Å². The lowest BCUT2D eigenvalue weighted by atomic mass is 9.99. The van der Waals surface area contributed by atoms with Gasteiger partial charge in [-0.3, -0.25) is 4.79 Å². The van der Waals surface area contributed by atoms with Crippen LogP contribution in [0.3, 0.4) is 0 Å². The first kappa shape index (κ1) is 15.6. The molecule has 0 saturated carbocycles. The normalized spacial score (nSPS) is 24.5. The zero-order valence-electron chi connectivity index (χ0n) is 13.0. The number of aliphatic carboxylic acids is 1. The molecular formula is C16H22N4O3. The average Bonchev–Trinajstić information content (AvgIpc) is 3.04. The number of carboxylic acid groups (broad SMARTS) is 1. The van der Waals surface area contributed by atoms with Gasteiger partial charge in [0.05, 0.1) is 5.92 Å². The Labute approximate surface area is 135 Å². The Morgan fingerprint density at radius 3 is 2.83 bits per heavy atom. The molecule has 1 aromatic heterocycles. The minimum atomic E-state index is -0.815. The summed E-state index contributed by atoms with van der Waals surface area (Å²) in [7, 11) is 0. The molecule has 2 aliphatic rings. The van der Waals surface area contributed by atoms with Crippen LogP contribution in [0.25, 0.3) is 0 Å². The molecule has 2 atom stereocenters. The minimum Gasteiger partial charge on any atom is -0.481 e. The fourth-order valence-electron chi connectivity index (χ4n) is 3.26. The van der Waals surface area contributed by atoms with Crippen LogP contribution in [0.5, 0.6) is 0 Å². The first-order valence-corrected chi connectivity index (χ1v) is 8.07. The van der Waals surface area contributed by atoms with E-state index >= 15 is 0 Å². The summed E-state index contributed by atoms with van der Waals surface area (Å²) >= 11 is 0. The number of urea groups is 1. The van der Waals surface area contributed by atoms with Gasteiger partial charge in [0, 0.05) is 38.4 Å². The second-order valence-corrected chi connectivity index (χ2v) is 6.19. The Hall–Kier alpha value is -2.31. The number of carboxylic acids is 1. The van der Waals surface area contributed by atoms with Crippen molar-refractivity contribution >= 4 is 17.8 Å². The average molecular weight is 318 g/mol. The molecule has 7 nitrogen and oxygen atoms in total. The van der Waals surface area contributed by atoms with Crippen molar-refractivity contribution in [2.75, 3.05) is 31.1 Å². The Kier molecular flexibility index (Phi) is 4.64. The predicted octanol–water partition coefficient (Wildman–Crippen LogP) is 1.17. The number of hydrogen-bond donors (Lipinski definition) is 2. The van der Waals surface area contributed by atoms with Gasteiger partial charge in [0.15, 0.2) is 0 Å². The van der Waals surface area contributed by atoms with Gasteiger partial charge in [-0.1, -0.05) is 6.07 Å². The number of pyridine rings is 1. The molecule has 1 aromatic rings. The standard InChI is InChI=1S/C16H22N4O3/c21-15(22)12-4-3-8-20(10-12)16(23)18-13-6-9-19(11-13)14-5-1-2-7-17-14/h1-2,5,7,12-13H,3-4,6,8-11H2,(H,18,23)(H,21,22). The van der Waals surface area contributed by atoms with Crippen LogP contribution < -0.4 is 10.2 Å². The minimum absolute atomic E-state index is 0.0784. The SMILES string of the molecule is O=C(O)C1CCCN(C(=O)NC2CCN(c3ccccn3)C2)C1. The molecule has 0 bridgehead atoms. The van der Waals surface area contributed by atoms with Gasteiger partial charge in [-0.15, -0.1) is 0 Å². The third-order valence-electron chi connectivity index (χ3n) is 4.55. The molecule has 0 aromatic carbocycles. The summed E-state index contributed by atoms with van der Waals surface area (Å²) in [6.45, 7) is 2.53. The largest absolute Gasteiger partial charge is 0.481 e. The van der Waals surface area contributed by atoms with E-state index in [4.69, 9.17) is 5.11 Å². The first-order chi connectivity index (χ1) is 11.1. The molecule has 0 aliphatic carbocycles. The zero-order valence-corrected chi connectivity index (χ0v) is 13.0. The van der Waals surface area contributed by atoms with Crippen LogP contribution in [-0.4, -0.2) is 59.2 Å². The molecule has 0 radical (unpaired) electrons. The highest BCUT2D eigenvalue weighted by Gasteiger charge is 2.30. The van der Waals surface area contributed by atoms with Crippen molar-refractivity contribution in [3.05, 3.63) is 24.4 Å². The maximum absolute atomic E-state index is 12.4. The Morgan fingerprint density at radius 1 is 1.22 bits per heavy atom. The van der Waals surface area contributed by atoms with E-state index in [0.29, 0.717) is 19.5 Å². The van der Waals surface area contributed by atoms with Gasteiger partial charge < -0.3 is 20.2 Å². The molecule has 2 aliphatic heterocycles. The van der Waals surface area contributed by atoms with Crippen LogP contribution in [0.4, 0.5) is 10.6 Å². The number of hydrogen-bond acceptors (Lipinski definition) is 4. The van der Waals surface area contributed by atoms with Crippen molar-refractivity contribution in [2.45, 2.75) is 25.3 Å². The summed E-state index contributed by atoms with van der Waals surface area (Å²) in [6.07, 6.45) is 4.03. The maximum atomic E-state index is 12.4. The molecule has 2 amide bonds. The van der Waals surface area contributed by atoms with E-state index in [9.17, 15) is 9.59 Å². The second kappa shape index (κ2) is 6.85. The summed E-state index contributed by atoms with van der Waals surface area (Å²) in [5.41, 5.74) is 0. The third-order valence-corrected chi connectivity index (χ3v) is 4.55. The van der Waals surface area contributed by atoms with Crippen molar-refractivity contribution in [1.82, 2.24) is 15.2 Å². The van der Waals surface area contributed by atoms with Gasteiger partial charge in [0.2, 0.25) is 0 Å². The summed E-state index contributed by atoms with van der Waals surface area (Å²) in [5, 5.41) is 12.1. The lowest BCUT2D eigenvalue weighted by molar-refractivity contribution is -0.143. The van der Waals surface area contributed by atoms with E-state index in [-0.39, 0.29) is 12.1 Å². The summed E-state index contributed by atoms with van der Waals surface area (Å²) in [6, 6.07) is 5.73. The van der Waals surface area contributed by atoms with E-state index in [2.05, 4.69) is 15.2 Å². The fourth-order valence-corrected chi connectivity index (χ4v) is 3.26. The van der Waals surface area contributed by atoms with Gasteiger partial charge in [-0.05, 0) is 31.4 Å². The number of nitrogens with zero attached hydrogens (tertiary/aromatic N) is 3. The molecule has 2 fully saturated rings. The van der Waals surface area contributed by atoms with E-state index < -0.39 is 11.9 Å². The molecule has 3 heterocycles. The number of carbonyl (C=O) groups is 2. The van der Waals surface area contributed by atoms with Crippen LogP contribution in [-0.2, 0) is 4.79 Å². The Balaban J connectivity index is 1.52. The van der Waals surface area contributed by atoms with Crippen molar-refractivity contribution in [2.24, 2.45) is 5.92 Å². The molecule has 0 spiro atoms. The fraction of sp³-hybridized carbons (Fsp3) is 0.562. The number of anilines is 1. The number of carbonyl (C=O) groups excluding carboxylic acids is 1. The van der Waals surface area contributed by atoms with Crippen LogP contribution >= 0.6 is 0 Å². The third kappa shape index (κ3) is 3.72. The number of rotatable bonds is 3. The zero-order chi connectivity index (χ0) is 16.2. The smallest absolute Gasteiger partial charge is 0.317 e. The maximum Gasteiger partial charge on any atom is 0.317 e. The topological polar surface area (TPSA) is 85.8 Å². The van der Waals surface area contributed by atoms with Gasteiger partial charge in [0.25, 0.3) is 0 Å². The van der Waals surface area contributed by atoms with Crippen molar-refractivity contribution < 1.29 is 14.7 Å². The van der Waals surface area contributed by atoms with E-state index in [1.807, 2.05) is 18.2 Å². The molecule has 124 valence electrons. The van der Waals surface area contributed by atoms with E-state index in [1.54, 1.807) is 11.1 Å². The summed E-state index contributed by atoms with van der Waals surface area (Å²) in [4.78, 5) is 31.6. The van der Waals surface area contributed by atoms with Crippen molar-refractivity contribution in [1.29, 1.82) is 0 Å². The van der Waals surface area contributed by atoms with Crippen LogP contribution in [0.2, 0.25) is 0 Å². The lowest BCUT2D eigenvalue weighted by Crippen LogP contribution is -2.50. The van der Waals surface area contributed by atoms with E-state index in [0.717, 1.165) is 31.7 Å². The number of nitrogens with one attached hydrogen (secondary N) is 1. The molecule has 3 rings (SSSR count). The molecule has 2 N–H and O–H groups in total. The first-order valence-electron chi connectivity index (χ1n) is 8.07. The van der Waals surface area contributed by atoms with Crippen molar-refractivity contribution in [3.63, 3.8) is 0 Å². The predicted molar refractivity (Wildman–Crippen MR) is 85.3 cm³/mol. The number of piperidine rings is 1. The molecular weight excluding hydrogens is 296 g/mol.